The van der Waals surface area contributed by atoms with Crippen LogP contribution in [0.2, 0.25) is 0 Å². The molecule has 0 saturated heterocycles. The number of methoxy groups -OCH3 is 3. The largest absolute Gasteiger partial charge is 0.493 e. The van der Waals surface area contributed by atoms with Crippen LogP contribution < -0.4 is 24.3 Å². The van der Waals surface area contributed by atoms with Crippen LogP contribution in [0.1, 0.15) is 0 Å². The minimum absolute atomic E-state index is 0.339. The van der Waals surface area contributed by atoms with Gasteiger partial charge in [-0.15, -0.1) is 0 Å². The number of hydrogen-bond donors (Lipinski definition) is 1. The fourth-order valence-corrected chi connectivity index (χ4v) is 3.32. The summed E-state index contributed by atoms with van der Waals surface area (Å²) < 4.78 is 22.8. The fourth-order valence-electron chi connectivity index (χ4n) is 3.04. The smallest absolute Gasteiger partial charge is 0.238 e. The number of aromatic nitrogens is 3. The molecule has 9 heteroatoms. The molecule has 0 atom stereocenters. The zero-order chi connectivity index (χ0) is 21.8. The Morgan fingerprint density at radius 1 is 0.903 bits per heavy atom. The maximum atomic E-state index is 6.08. The highest BCUT2D eigenvalue weighted by Crippen LogP contribution is 2.40. The van der Waals surface area contributed by atoms with E-state index < -0.39 is 0 Å². The predicted molar refractivity (Wildman–Crippen MR) is 121 cm³/mol. The first-order valence-electron chi connectivity index (χ1n) is 9.23. The van der Waals surface area contributed by atoms with Gasteiger partial charge in [-0.3, -0.25) is 4.98 Å². The summed E-state index contributed by atoms with van der Waals surface area (Å²) in [5.41, 5.74) is 0.664. The van der Waals surface area contributed by atoms with Crippen molar-refractivity contribution in [3.05, 3.63) is 59.5 Å². The van der Waals surface area contributed by atoms with Crippen LogP contribution in [0.25, 0.3) is 10.8 Å². The van der Waals surface area contributed by atoms with E-state index >= 15 is 0 Å². The highest BCUT2D eigenvalue weighted by Gasteiger charge is 2.15. The van der Waals surface area contributed by atoms with Gasteiger partial charge in [-0.2, -0.15) is 4.98 Å². The van der Waals surface area contributed by atoms with Gasteiger partial charge in [-0.05, 0) is 33.4 Å². The fraction of sp³-hybridized carbons (Fsp3) is 0.136. The molecule has 158 valence electrons. The zero-order valence-electron chi connectivity index (χ0n) is 17.0. The second-order valence-corrected chi connectivity index (χ2v) is 7.20. The van der Waals surface area contributed by atoms with Crippen LogP contribution in [-0.4, -0.2) is 36.3 Å². The van der Waals surface area contributed by atoms with Gasteiger partial charge in [-0.25, -0.2) is 4.98 Å². The maximum absolute atomic E-state index is 6.08. The van der Waals surface area contributed by atoms with Gasteiger partial charge in [0.05, 0.1) is 32.0 Å². The van der Waals surface area contributed by atoms with Crippen LogP contribution in [0.3, 0.4) is 0 Å². The van der Waals surface area contributed by atoms with Crippen molar-refractivity contribution in [1.82, 2.24) is 15.0 Å². The number of anilines is 2. The first-order valence-corrected chi connectivity index (χ1v) is 10.0. The highest BCUT2D eigenvalue weighted by molar-refractivity contribution is 9.10. The van der Waals surface area contributed by atoms with Crippen LogP contribution in [0.15, 0.2) is 59.5 Å². The Morgan fingerprint density at radius 2 is 1.68 bits per heavy atom. The standard InChI is InChI=1S/C22H19BrN4O4/c1-28-18-9-14(10-19(29-2)20(18)30-3)26-22-25-12-16(23)21(27-22)31-17-6-4-5-13-7-8-24-11-15(13)17/h4-12H,1-3H3,(H,25,26,27). The van der Waals surface area contributed by atoms with Crippen molar-refractivity contribution in [2.75, 3.05) is 26.6 Å². The van der Waals surface area contributed by atoms with Gasteiger partial charge in [0, 0.05) is 35.6 Å². The van der Waals surface area contributed by atoms with Crippen LogP contribution in [0, 0.1) is 0 Å². The summed E-state index contributed by atoms with van der Waals surface area (Å²) in [5, 5.41) is 5.05. The minimum Gasteiger partial charge on any atom is -0.493 e. The lowest BCUT2D eigenvalue weighted by atomic mass is 10.1. The molecule has 0 aliphatic carbocycles. The quantitative estimate of drug-likeness (QED) is 0.377. The van der Waals surface area contributed by atoms with Gasteiger partial charge in [0.1, 0.15) is 5.75 Å². The van der Waals surface area contributed by atoms with Gasteiger partial charge < -0.3 is 24.3 Å². The van der Waals surface area contributed by atoms with Crippen LogP contribution in [0.5, 0.6) is 28.9 Å². The number of ether oxygens (including phenoxy) is 4. The Balaban J connectivity index is 1.66. The van der Waals surface area contributed by atoms with Crippen molar-refractivity contribution >= 4 is 38.3 Å². The molecule has 2 aromatic heterocycles. The van der Waals surface area contributed by atoms with Crippen molar-refractivity contribution in [1.29, 1.82) is 0 Å². The molecule has 4 rings (SSSR count). The molecule has 8 nitrogen and oxygen atoms in total. The average Bonchev–Trinajstić information content (AvgIpc) is 2.80. The Labute approximate surface area is 187 Å². The second kappa shape index (κ2) is 9.05. The predicted octanol–water partition coefficient (Wildman–Crippen LogP) is 5.35. The highest BCUT2D eigenvalue weighted by atomic mass is 79.9. The topological polar surface area (TPSA) is 87.6 Å². The molecule has 0 radical (unpaired) electrons. The van der Waals surface area contributed by atoms with Gasteiger partial charge in [-0.1, -0.05) is 12.1 Å². The molecule has 4 aromatic rings. The molecule has 2 aromatic carbocycles. The van der Waals surface area contributed by atoms with Crippen LogP contribution >= 0.6 is 15.9 Å². The van der Waals surface area contributed by atoms with Gasteiger partial charge >= 0.3 is 0 Å². The van der Waals surface area contributed by atoms with Crippen molar-refractivity contribution < 1.29 is 18.9 Å². The zero-order valence-corrected chi connectivity index (χ0v) is 18.6. The van der Waals surface area contributed by atoms with E-state index in [0.717, 1.165) is 10.8 Å². The Bertz CT molecular complexity index is 1210. The van der Waals surface area contributed by atoms with E-state index in [9.17, 15) is 0 Å². The Hall–Kier alpha value is -3.59. The first kappa shape index (κ1) is 20.7. The van der Waals surface area contributed by atoms with Crippen molar-refractivity contribution in [3.63, 3.8) is 0 Å². The van der Waals surface area contributed by atoms with E-state index in [4.69, 9.17) is 18.9 Å². The number of halogens is 1. The molecule has 0 amide bonds. The number of nitrogens with one attached hydrogen (secondary N) is 1. The number of fused-ring (bicyclic) bond motifs is 1. The van der Waals surface area contributed by atoms with E-state index in [1.165, 1.54) is 0 Å². The van der Waals surface area contributed by atoms with E-state index in [0.29, 0.717) is 45.0 Å². The summed E-state index contributed by atoms with van der Waals surface area (Å²) in [4.78, 5) is 13.0. The first-order chi connectivity index (χ1) is 15.1. The third-order valence-electron chi connectivity index (χ3n) is 4.48. The van der Waals surface area contributed by atoms with E-state index in [-0.39, 0.29) is 0 Å². The summed E-state index contributed by atoms with van der Waals surface area (Å²) in [6.45, 7) is 0. The number of rotatable bonds is 7. The summed E-state index contributed by atoms with van der Waals surface area (Å²) in [6.07, 6.45) is 5.12. The normalized spacial score (nSPS) is 10.6. The number of pyridine rings is 1. The van der Waals surface area contributed by atoms with E-state index in [2.05, 4.69) is 36.2 Å². The number of hydrogen-bond acceptors (Lipinski definition) is 8. The van der Waals surface area contributed by atoms with E-state index in [1.54, 1.807) is 52.1 Å². The lowest BCUT2D eigenvalue weighted by Crippen LogP contribution is -2.01. The number of benzene rings is 2. The molecule has 0 saturated carbocycles. The van der Waals surface area contributed by atoms with Crippen molar-refractivity contribution in [2.45, 2.75) is 0 Å². The molecule has 0 aliphatic heterocycles. The lowest BCUT2D eigenvalue weighted by molar-refractivity contribution is 0.324. The molecule has 31 heavy (non-hydrogen) atoms. The summed E-state index contributed by atoms with van der Waals surface area (Å²) >= 11 is 3.45. The monoisotopic (exact) mass is 482 g/mol. The third-order valence-corrected chi connectivity index (χ3v) is 5.03. The molecule has 0 aliphatic rings. The molecule has 2 heterocycles. The summed E-state index contributed by atoms with van der Waals surface area (Å²) in [7, 11) is 4.67. The summed E-state index contributed by atoms with van der Waals surface area (Å²) in [5.74, 6) is 2.87. The van der Waals surface area contributed by atoms with Gasteiger partial charge in [0.2, 0.25) is 17.6 Å². The van der Waals surface area contributed by atoms with Crippen LogP contribution in [0.4, 0.5) is 11.6 Å². The average molecular weight is 483 g/mol. The molecule has 0 spiro atoms. The minimum atomic E-state index is 0.339. The van der Waals surface area contributed by atoms with Crippen molar-refractivity contribution in [2.24, 2.45) is 0 Å². The third kappa shape index (κ3) is 4.31. The molecule has 1 N–H and O–H groups in total. The number of nitrogens with zero attached hydrogens (tertiary/aromatic N) is 3. The Morgan fingerprint density at radius 3 is 2.39 bits per heavy atom. The van der Waals surface area contributed by atoms with Crippen LogP contribution in [-0.2, 0) is 0 Å². The second-order valence-electron chi connectivity index (χ2n) is 6.34. The van der Waals surface area contributed by atoms with Crippen molar-refractivity contribution in [3.8, 4) is 28.9 Å². The van der Waals surface area contributed by atoms with Gasteiger partial charge in [0.25, 0.3) is 0 Å². The lowest BCUT2D eigenvalue weighted by Gasteiger charge is -2.15. The summed E-state index contributed by atoms with van der Waals surface area (Å²) in [6, 6.07) is 11.2. The maximum Gasteiger partial charge on any atom is 0.238 e. The SMILES string of the molecule is COc1cc(Nc2ncc(Br)c(Oc3cccc4ccncc34)n2)cc(OC)c1OC. The molecule has 0 bridgehead atoms. The molecular formula is C22H19BrN4O4. The molecular weight excluding hydrogens is 464 g/mol. The molecule has 0 unspecified atom stereocenters. The Kier molecular flexibility index (Phi) is 6.03. The van der Waals surface area contributed by atoms with Gasteiger partial charge in [0.15, 0.2) is 11.5 Å². The van der Waals surface area contributed by atoms with E-state index in [1.807, 2.05) is 24.3 Å². The molecule has 0 fully saturated rings.